The summed E-state index contributed by atoms with van der Waals surface area (Å²) in [5.74, 6) is 0.370. The third kappa shape index (κ3) is 4.74. The predicted octanol–water partition coefficient (Wildman–Crippen LogP) is 4.48. The van der Waals surface area contributed by atoms with Gasteiger partial charge in [0.2, 0.25) is 0 Å². The first kappa shape index (κ1) is 20.4. The molecule has 0 amide bonds. The van der Waals surface area contributed by atoms with E-state index in [4.69, 9.17) is 0 Å². The van der Waals surface area contributed by atoms with Crippen LogP contribution in [0.4, 0.5) is 18.9 Å². The number of sulfonamides is 1. The summed E-state index contributed by atoms with van der Waals surface area (Å²) in [6.07, 6.45) is -1.72. The zero-order valence-corrected chi connectivity index (χ0v) is 15.9. The molecule has 0 aromatic heterocycles. The molecule has 2 aromatic carbocycles. The molecule has 0 saturated carbocycles. The monoisotopic (exact) mass is 410 g/mol. The summed E-state index contributed by atoms with van der Waals surface area (Å²) >= 11 is 0. The van der Waals surface area contributed by atoms with Crippen molar-refractivity contribution < 1.29 is 21.6 Å². The van der Waals surface area contributed by atoms with Crippen molar-refractivity contribution >= 4 is 15.7 Å². The van der Waals surface area contributed by atoms with Gasteiger partial charge in [0, 0.05) is 18.8 Å². The summed E-state index contributed by atoms with van der Waals surface area (Å²) in [4.78, 5) is 1.87. The molecule has 2 aromatic rings. The number of hydrogen-bond donors (Lipinski definition) is 1. The SMILES string of the molecule is C=CCN1CCC(c2ccc(NS(=O)(=O)c3cccc(C(F)(F)F)c3)cc2)C1. The second-order valence-corrected chi connectivity index (χ2v) is 8.47. The first-order valence-electron chi connectivity index (χ1n) is 8.82. The number of likely N-dealkylation sites (tertiary alicyclic amines) is 1. The molecule has 0 aliphatic carbocycles. The van der Waals surface area contributed by atoms with Gasteiger partial charge in [-0.15, -0.1) is 6.58 Å². The molecule has 0 bridgehead atoms. The Bertz CT molecular complexity index is 941. The Morgan fingerprint density at radius 3 is 2.54 bits per heavy atom. The average molecular weight is 410 g/mol. The molecule has 1 unspecified atom stereocenters. The minimum Gasteiger partial charge on any atom is -0.299 e. The molecular formula is C20H21F3N2O2S. The first-order chi connectivity index (χ1) is 13.2. The van der Waals surface area contributed by atoms with Gasteiger partial charge in [0.25, 0.3) is 10.0 Å². The van der Waals surface area contributed by atoms with Gasteiger partial charge >= 0.3 is 6.18 Å². The first-order valence-corrected chi connectivity index (χ1v) is 10.3. The number of anilines is 1. The van der Waals surface area contributed by atoms with Gasteiger partial charge in [0.15, 0.2) is 0 Å². The molecule has 8 heteroatoms. The number of hydrogen-bond acceptors (Lipinski definition) is 3. The van der Waals surface area contributed by atoms with Crippen LogP contribution in [0.25, 0.3) is 0 Å². The van der Waals surface area contributed by atoms with Crippen molar-refractivity contribution in [2.24, 2.45) is 0 Å². The Balaban J connectivity index is 1.72. The van der Waals surface area contributed by atoms with Crippen molar-refractivity contribution in [3.63, 3.8) is 0 Å². The van der Waals surface area contributed by atoms with Crippen LogP contribution in [0.2, 0.25) is 0 Å². The van der Waals surface area contributed by atoms with Gasteiger partial charge in [0.05, 0.1) is 10.5 Å². The standard InChI is InChI=1S/C20H21F3N2O2S/c1-2-11-25-12-10-16(14-25)15-6-8-18(9-7-15)24-28(26,27)19-5-3-4-17(13-19)20(21,22)23/h2-9,13,16,24H,1,10-12,14H2. The zero-order valence-electron chi connectivity index (χ0n) is 15.1. The van der Waals surface area contributed by atoms with Crippen LogP contribution in [0.5, 0.6) is 0 Å². The Hall–Kier alpha value is -2.32. The third-order valence-corrected chi connectivity index (χ3v) is 6.14. The highest BCUT2D eigenvalue weighted by Gasteiger charge is 2.31. The van der Waals surface area contributed by atoms with Crippen LogP contribution in [0.1, 0.15) is 23.5 Å². The highest BCUT2D eigenvalue weighted by molar-refractivity contribution is 7.92. The number of benzene rings is 2. The van der Waals surface area contributed by atoms with Crippen molar-refractivity contribution in [2.75, 3.05) is 24.4 Å². The van der Waals surface area contributed by atoms with E-state index in [1.807, 2.05) is 18.2 Å². The zero-order chi connectivity index (χ0) is 20.4. The topological polar surface area (TPSA) is 49.4 Å². The molecule has 3 rings (SSSR count). The Kier molecular flexibility index (Phi) is 5.81. The fraction of sp³-hybridized carbons (Fsp3) is 0.300. The van der Waals surface area contributed by atoms with E-state index in [1.54, 1.807) is 12.1 Å². The van der Waals surface area contributed by atoms with E-state index in [1.165, 1.54) is 0 Å². The maximum Gasteiger partial charge on any atom is 0.416 e. The Morgan fingerprint density at radius 1 is 1.18 bits per heavy atom. The molecule has 28 heavy (non-hydrogen) atoms. The molecule has 0 radical (unpaired) electrons. The summed E-state index contributed by atoms with van der Waals surface area (Å²) in [6.45, 7) is 6.49. The van der Waals surface area contributed by atoms with Crippen molar-refractivity contribution in [2.45, 2.75) is 23.4 Å². The van der Waals surface area contributed by atoms with Crippen molar-refractivity contribution in [1.29, 1.82) is 0 Å². The third-order valence-electron chi connectivity index (χ3n) is 4.77. The maximum atomic E-state index is 12.8. The minimum atomic E-state index is -4.60. The second-order valence-electron chi connectivity index (χ2n) is 6.79. The molecule has 1 saturated heterocycles. The molecule has 1 aliphatic rings. The van der Waals surface area contributed by atoms with E-state index in [0.717, 1.165) is 49.8 Å². The smallest absolute Gasteiger partial charge is 0.299 e. The van der Waals surface area contributed by atoms with Gasteiger partial charge in [-0.3, -0.25) is 9.62 Å². The van der Waals surface area contributed by atoms with E-state index in [9.17, 15) is 21.6 Å². The number of rotatable bonds is 6. The van der Waals surface area contributed by atoms with Crippen LogP contribution in [0.15, 0.2) is 66.1 Å². The van der Waals surface area contributed by atoms with Crippen LogP contribution < -0.4 is 4.72 Å². The fourth-order valence-electron chi connectivity index (χ4n) is 3.33. The van der Waals surface area contributed by atoms with Crippen LogP contribution in [-0.2, 0) is 16.2 Å². The summed E-state index contributed by atoms with van der Waals surface area (Å²) < 4.78 is 65.7. The molecule has 4 nitrogen and oxygen atoms in total. The van der Waals surface area contributed by atoms with Crippen molar-refractivity contribution in [3.05, 3.63) is 72.3 Å². The Morgan fingerprint density at radius 2 is 1.89 bits per heavy atom. The molecule has 0 spiro atoms. The van der Waals surface area contributed by atoms with Crippen LogP contribution >= 0.6 is 0 Å². The highest BCUT2D eigenvalue weighted by Crippen LogP contribution is 2.31. The predicted molar refractivity (Wildman–Crippen MR) is 103 cm³/mol. The molecule has 1 fully saturated rings. The van der Waals surface area contributed by atoms with Gasteiger partial charge in [0.1, 0.15) is 0 Å². The molecule has 150 valence electrons. The van der Waals surface area contributed by atoms with Gasteiger partial charge in [-0.05, 0) is 54.8 Å². The molecular weight excluding hydrogens is 389 g/mol. The molecule has 1 heterocycles. The lowest BCUT2D eigenvalue weighted by molar-refractivity contribution is -0.137. The van der Waals surface area contributed by atoms with Gasteiger partial charge < -0.3 is 0 Å². The summed E-state index contributed by atoms with van der Waals surface area (Å²) in [5, 5.41) is 0. The quantitative estimate of drug-likeness (QED) is 0.715. The second kappa shape index (κ2) is 7.97. The summed E-state index contributed by atoms with van der Waals surface area (Å²) in [5.41, 5.74) is 0.409. The number of halogens is 3. The van der Waals surface area contributed by atoms with E-state index >= 15 is 0 Å². The summed E-state index contributed by atoms with van der Waals surface area (Å²) in [6, 6.07) is 10.7. The largest absolute Gasteiger partial charge is 0.416 e. The van der Waals surface area contributed by atoms with E-state index in [2.05, 4.69) is 16.2 Å². The summed E-state index contributed by atoms with van der Waals surface area (Å²) in [7, 11) is -4.11. The van der Waals surface area contributed by atoms with Gasteiger partial charge in [-0.1, -0.05) is 24.3 Å². The fourth-order valence-corrected chi connectivity index (χ4v) is 4.43. The lowest BCUT2D eigenvalue weighted by atomic mass is 9.98. The highest BCUT2D eigenvalue weighted by atomic mass is 32.2. The van der Waals surface area contributed by atoms with E-state index < -0.39 is 26.7 Å². The maximum absolute atomic E-state index is 12.8. The van der Waals surface area contributed by atoms with Crippen LogP contribution in [0.3, 0.4) is 0 Å². The average Bonchev–Trinajstić information content (AvgIpc) is 3.10. The molecule has 1 N–H and O–H groups in total. The van der Waals surface area contributed by atoms with Crippen LogP contribution in [0, 0.1) is 0 Å². The number of alkyl halides is 3. The molecule has 1 aliphatic heterocycles. The molecule has 1 atom stereocenters. The lowest BCUT2D eigenvalue weighted by Crippen LogP contribution is -2.20. The normalized spacial score (nSPS) is 18.2. The van der Waals surface area contributed by atoms with Gasteiger partial charge in [-0.25, -0.2) is 8.42 Å². The number of nitrogens with zero attached hydrogens (tertiary/aromatic N) is 1. The van der Waals surface area contributed by atoms with Crippen molar-refractivity contribution in [3.8, 4) is 0 Å². The Labute approximate surface area is 162 Å². The van der Waals surface area contributed by atoms with E-state index in [0.29, 0.717) is 17.7 Å². The minimum absolute atomic E-state index is 0.308. The lowest BCUT2D eigenvalue weighted by Gasteiger charge is -2.15. The number of nitrogens with one attached hydrogen (secondary N) is 1. The van der Waals surface area contributed by atoms with E-state index in [-0.39, 0.29) is 0 Å². The van der Waals surface area contributed by atoms with Crippen molar-refractivity contribution in [1.82, 2.24) is 4.90 Å². The van der Waals surface area contributed by atoms with Crippen LogP contribution in [-0.4, -0.2) is 33.0 Å². The van der Waals surface area contributed by atoms with Gasteiger partial charge in [-0.2, -0.15) is 13.2 Å².